The van der Waals surface area contributed by atoms with Gasteiger partial charge in [0, 0.05) is 30.5 Å². The van der Waals surface area contributed by atoms with Gasteiger partial charge in [-0.3, -0.25) is 4.79 Å². The summed E-state index contributed by atoms with van der Waals surface area (Å²) < 4.78 is 54.9. The van der Waals surface area contributed by atoms with E-state index in [9.17, 15) is 22.4 Å². The molecule has 0 radical (unpaired) electrons. The molecular formula is C23H20Cl2F4N2O2. The zero-order chi connectivity index (χ0) is 24.1. The average Bonchev–Trinajstić information content (AvgIpc) is 3.16. The van der Waals surface area contributed by atoms with Gasteiger partial charge in [0.2, 0.25) is 12.0 Å². The van der Waals surface area contributed by atoms with E-state index in [0.29, 0.717) is 18.7 Å². The number of carbonyl (C=O) groups excluding carboxylic acids is 1. The molecule has 0 aromatic heterocycles. The minimum atomic E-state index is -4.72. The number of oxime groups is 1. The maximum absolute atomic E-state index is 13.9. The van der Waals surface area contributed by atoms with E-state index < -0.39 is 24.0 Å². The number of hydrogen-bond donors (Lipinski definition) is 0. The standard InChI is InChI=1S/C23H20Cl2F4N2O2/c1-11(2)22(32)31-9-15(10-31)12-3-5-13(6-4-12)20-18(21(33-30-20)23(27,28)29)14-7-16(24)19(26)17(25)8-14/h3-8,11,15,18,21H,9-10H2,1-2H3. The van der Waals surface area contributed by atoms with Gasteiger partial charge >= 0.3 is 6.18 Å². The first kappa shape index (κ1) is 23.8. The van der Waals surface area contributed by atoms with Gasteiger partial charge in [0.15, 0.2) is 5.82 Å². The van der Waals surface area contributed by atoms with Crippen molar-refractivity contribution >= 4 is 34.8 Å². The Morgan fingerprint density at radius 3 is 2.18 bits per heavy atom. The Hall–Kier alpha value is -2.32. The number of halogens is 6. The molecule has 4 rings (SSSR count). The second kappa shape index (κ2) is 8.80. The molecule has 2 aromatic rings. The fourth-order valence-corrected chi connectivity index (χ4v) is 4.61. The number of alkyl halides is 3. The van der Waals surface area contributed by atoms with E-state index in [1.807, 2.05) is 26.0 Å². The average molecular weight is 503 g/mol. The summed E-state index contributed by atoms with van der Waals surface area (Å²) in [7, 11) is 0. The first-order valence-corrected chi connectivity index (χ1v) is 11.1. The molecule has 4 nitrogen and oxygen atoms in total. The Morgan fingerprint density at radius 2 is 1.67 bits per heavy atom. The fourth-order valence-electron chi connectivity index (χ4n) is 4.10. The lowest BCUT2D eigenvalue weighted by molar-refractivity contribution is -0.216. The van der Waals surface area contributed by atoms with Gasteiger partial charge in [-0.15, -0.1) is 0 Å². The van der Waals surface area contributed by atoms with E-state index in [1.54, 1.807) is 17.0 Å². The van der Waals surface area contributed by atoms with E-state index in [1.165, 1.54) is 0 Å². The summed E-state index contributed by atoms with van der Waals surface area (Å²) in [6, 6.07) is 9.18. The highest BCUT2D eigenvalue weighted by atomic mass is 35.5. The highest BCUT2D eigenvalue weighted by Gasteiger charge is 2.53. The summed E-state index contributed by atoms with van der Waals surface area (Å²) in [5, 5.41) is 2.95. The molecule has 2 heterocycles. The molecule has 1 saturated heterocycles. The fraction of sp³-hybridized carbons (Fsp3) is 0.391. The Morgan fingerprint density at radius 1 is 1.09 bits per heavy atom. The maximum atomic E-state index is 13.9. The van der Waals surface area contributed by atoms with Crippen LogP contribution in [0.5, 0.6) is 0 Å². The van der Waals surface area contributed by atoms with Crippen LogP contribution in [0.3, 0.4) is 0 Å². The molecule has 2 aromatic carbocycles. The number of benzene rings is 2. The van der Waals surface area contributed by atoms with Crippen LogP contribution < -0.4 is 0 Å². The minimum absolute atomic E-state index is 0.0489. The summed E-state index contributed by atoms with van der Waals surface area (Å²) >= 11 is 11.7. The molecule has 0 N–H and O–H groups in total. The highest BCUT2D eigenvalue weighted by molar-refractivity contribution is 6.35. The second-order valence-electron chi connectivity index (χ2n) is 8.54. The van der Waals surface area contributed by atoms with Crippen molar-refractivity contribution in [2.24, 2.45) is 11.1 Å². The van der Waals surface area contributed by atoms with Crippen LogP contribution in [0.25, 0.3) is 0 Å². The van der Waals surface area contributed by atoms with Gasteiger partial charge in [-0.2, -0.15) is 13.2 Å². The van der Waals surface area contributed by atoms with Crippen LogP contribution in [0.15, 0.2) is 41.6 Å². The number of amides is 1. The Balaban J connectivity index is 1.59. The van der Waals surface area contributed by atoms with Crippen molar-refractivity contribution in [3.05, 3.63) is 69.0 Å². The lowest BCUT2D eigenvalue weighted by Crippen LogP contribution is -2.49. The van der Waals surface area contributed by atoms with Gasteiger partial charge in [-0.25, -0.2) is 4.39 Å². The van der Waals surface area contributed by atoms with Gasteiger partial charge in [-0.1, -0.05) is 66.5 Å². The lowest BCUT2D eigenvalue weighted by Gasteiger charge is -2.40. The molecule has 1 amide bonds. The summed E-state index contributed by atoms with van der Waals surface area (Å²) in [5.74, 6) is -2.08. The van der Waals surface area contributed by atoms with E-state index in [-0.39, 0.29) is 39.1 Å². The van der Waals surface area contributed by atoms with Gasteiger partial charge in [0.05, 0.1) is 21.7 Å². The molecule has 0 saturated carbocycles. The number of carbonyl (C=O) groups is 1. The van der Waals surface area contributed by atoms with E-state index in [2.05, 4.69) is 5.16 Å². The van der Waals surface area contributed by atoms with Crippen LogP contribution in [0, 0.1) is 11.7 Å². The molecule has 10 heteroatoms. The smallest absolute Gasteiger partial charge is 0.381 e. The first-order valence-electron chi connectivity index (χ1n) is 10.3. The molecule has 0 spiro atoms. The number of nitrogens with zero attached hydrogens (tertiary/aromatic N) is 2. The number of hydrogen-bond acceptors (Lipinski definition) is 3. The van der Waals surface area contributed by atoms with Crippen LogP contribution in [0.2, 0.25) is 10.0 Å². The molecule has 2 aliphatic rings. The third-order valence-corrected chi connectivity index (χ3v) is 6.46. The van der Waals surface area contributed by atoms with Crippen LogP contribution in [-0.4, -0.2) is 41.9 Å². The van der Waals surface area contributed by atoms with Crippen molar-refractivity contribution in [2.45, 2.75) is 38.0 Å². The van der Waals surface area contributed by atoms with E-state index in [4.69, 9.17) is 28.0 Å². The topological polar surface area (TPSA) is 41.9 Å². The zero-order valence-electron chi connectivity index (χ0n) is 17.7. The van der Waals surface area contributed by atoms with Gasteiger partial charge in [0.25, 0.3) is 0 Å². The predicted octanol–water partition coefficient (Wildman–Crippen LogP) is 6.16. The molecule has 2 aliphatic heterocycles. The highest BCUT2D eigenvalue weighted by Crippen LogP contribution is 2.43. The van der Waals surface area contributed by atoms with Crippen LogP contribution in [0.1, 0.15) is 42.4 Å². The summed E-state index contributed by atoms with van der Waals surface area (Å²) in [4.78, 5) is 18.6. The van der Waals surface area contributed by atoms with Crippen LogP contribution >= 0.6 is 23.2 Å². The molecule has 176 valence electrons. The van der Waals surface area contributed by atoms with Crippen molar-refractivity contribution < 1.29 is 27.2 Å². The molecule has 0 bridgehead atoms. The monoisotopic (exact) mass is 502 g/mol. The molecule has 2 unspecified atom stereocenters. The van der Waals surface area contributed by atoms with Crippen molar-refractivity contribution in [3.63, 3.8) is 0 Å². The normalized spacial score (nSPS) is 21.1. The summed E-state index contributed by atoms with van der Waals surface area (Å²) in [5.41, 5.74) is 1.51. The lowest BCUT2D eigenvalue weighted by atomic mass is 9.84. The largest absolute Gasteiger partial charge is 0.429 e. The minimum Gasteiger partial charge on any atom is -0.381 e. The van der Waals surface area contributed by atoms with Crippen LogP contribution in [0.4, 0.5) is 17.6 Å². The molecule has 33 heavy (non-hydrogen) atoms. The van der Waals surface area contributed by atoms with Gasteiger partial charge in [0.1, 0.15) is 0 Å². The summed E-state index contributed by atoms with van der Waals surface area (Å²) in [6.07, 6.45) is -6.98. The zero-order valence-corrected chi connectivity index (χ0v) is 19.2. The van der Waals surface area contributed by atoms with Crippen molar-refractivity contribution in [2.75, 3.05) is 13.1 Å². The molecule has 0 aliphatic carbocycles. The SMILES string of the molecule is CC(C)C(=O)N1CC(c2ccc(C3=NOC(C(F)(F)F)C3c3cc(Cl)c(F)c(Cl)c3)cc2)C1. The van der Waals surface area contributed by atoms with Crippen molar-refractivity contribution in [1.29, 1.82) is 0 Å². The molecular weight excluding hydrogens is 483 g/mol. The molecule has 2 atom stereocenters. The summed E-state index contributed by atoms with van der Waals surface area (Å²) in [6.45, 7) is 4.90. The number of likely N-dealkylation sites (tertiary alicyclic amines) is 1. The Labute approximate surface area is 198 Å². The van der Waals surface area contributed by atoms with Gasteiger partial charge in [-0.05, 0) is 23.3 Å². The third kappa shape index (κ3) is 4.55. The van der Waals surface area contributed by atoms with E-state index >= 15 is 0 Å². The van der Waals surface area contributed by atoms with Gasteiger partial charge < -0.3 is 9.74 Å². The quantitative estimate of drug-likeness (QED) is 0.371. The second-order valence-corrected chi connectivity index (χ2v) is 9.35. The molecule has 1 fully saturated rings. The predicted molar refractivity (Wildman–Crippen MR) is 117 cm³/mol. The first-order chi connectivity index (χ1) is 15.5. The Bertz CT molecular complexity index is 1070. The van der Waals surface area contributed by atoms with Crippen molar-refractivity contribution in [1.82, 2.24) is 4.90 Å². The van der Waals surface area contributed by atoms with E-state index in [0.717, 1.165) is 17.7 Å². The third-order valence-electron chi connectivity index (χ3n) is 5.91. The number of rotatable bonds is 4. The Kier molecular flexibility index (Phi) is 6.35. The maximum Gasteiger partial charge on any atom is 0.429 e. The van der Waals surface area contributed by atoms with Crippen molar-refractivity contribution in [3.8, 4) is 0 Å². The van der Waals surface area contributed by atoms with Crippen LogP contribution in [-0.2, 0) is 9.63 Å².